The van der Waals surface area contributed by atoms with Crippen molar-refractivity contribution in [3.05, 3.63) is 0 Å². The highest BCUT2D eigenvalue weighted by molar-refractivity contribution is 14.0. The Morgan fingerprint density at radius 3 is 2.85 bits per heavy atom. The van der Waals surface area contributed by atoms with Gasteiger partial charge in [-0.05, 0) is 45.6 Å². The minimum atomic E-state index is 0. The molecular formula is C20H41IN4O2. The van der Waals surface area contributed by atoms with Gasteiger partial charge in [0.05, 0.1) is 13.2 Å². The van der Waals surface area contributed by atoms with Crippen molar-refractivity contribution in [2.75, 3.05) is 59.2 Å². The van der Waals surface area contributed by atoms with Gasteiger partial charge >= 0.3 is 0 Å². The lowest BCUT2D eigenvalue weighted by Crippen LogP contribution is -2.46. The molecule has 7 heteroatoms. The molecule has 2 heterocycles. The van der Waals surface area contributed by atoms with Gasteiger partial charge in [0, 0.05) is 51.4 Å². The molecule has 2 N–H and O–H groups in total. The van der Waals surface area contributed by atoms with Gasteiger partial charge in [-0.2, -0.15) is 0 Å². The number of nitrogens with zero attached hydrogens (tertiary/aromatic N) is 2. The monoisotopic (exact) mass is 496 g/mol. The number of rotatable bonds is 11. The van der Waals surface area contributed by atoms with Crippen molar-refractivity contribution in [2.24, 2.45) is 10.9 Å². The number of hydrogen-bond donors (Lipinski definition) is 2. The summed E-state index contributed by atoms with van der Waals surface area (Å²) in [5.74, 6) is 1.53. The third-order valence-corrected chi connectivity index (χ3v) is 5.35. The maximum atomic E-state index is 5.75. The fraction of sp³-hybridized carbons (Fsp3) is 0.950. The lowest BCUT2D eigenvalue weighted by atomic mass is 10.0. The van der Waals surface area contributed by atoms with Crippen LogP contribution in [0.15, 0.2) is 4.99 Å². The average Bonchev–Trinajstić information content (AvgIpc) is 3.18. The largest absolute Gasteiger partial charge is 0.381 e. The second-order valence-electron chi connectivity index (χ2n) is 7.44. The van der Waals surface area contributed by atoms with Gasteiger partial charge < -0.3 is 20.1 Å². The summed E-state index contributed by atoms with van der Waals surface area (Å²) in [6, 6.07) is 0.771. The Morgan fingerprint density at radius 1 is 1.22 bits per heavy atom. The van der Waals surface area contributed by atoms with Crippen LogP contribution in [0.4, 0.5) is 0 Å². The smallest absolute Gasteiger partial charge is 0.191 e. The van der Waals surface area contributed by atoms with Crippen LogP contribution >= 0.6 is 24.0 Å². The Hall–Kier alpha value is -0.120. The topological polar surface area (TPSA) is 58.1 Å². The molecule has 2 fully saturated rings. The first-order valence-corrected chi connectivity index (χ1v) is 10.7. The second kappa shape index (κ2) is 15.8. The number of likely N-dealkylation sites (tertiary alicyclic amines) is 1. The van der Waals surface area contributed by atoms with E-state index in [1.165, 1.54) is 32.2 Å². The first kappa shape index (κ1) is 24.9. The molecular weight excluding hydrogens is 455 g/mol. The predicted molar refractivity (Wildman–Crippen MR) is 123 cm³/mol. The zero-order chi connectivity index (χ0) is 18.5. The number of guanidine groups is 1. The van der Waals surface area contributed by atoms with Crippen molar-refractivity contribution < 1.29 is 9.47 Å². The Balaban J connectivity index is 0.00000364. The van der Waals surface area contributed by atoms with Crippen molar-refractivity contribution in [3.8, 4) is 0 Å². The van der Waals surface area contributed by atoms with Crippen molar-refractivity contribution in [3.63, 3.8) is 0 Å². The van der Waals surface area contributed by atoms with E-state index in [0.717, 1.165) is 77.4 Å². The summed E-state index contributed by atoms with van der Waals surface area (Å²) in [4.78, 5) is 7.32. The standard InChI is InChI=1S/C20H40N4O2.HI/c1-3-19-8-5-6-12-24(19)13-11-23-20(21-4-2)22-10-7-14-25-16-18-9-15-26-17-18;/h18-19H,3-17H2,1-2H3,(H2,21,22,23);1H. The second-order valence-corrected chi connectivity index (χ2v) is 7.44. The van der Waals surface area contributed by atoms with Gasteiger partial charge in [-0.3, -0.25) is 9.89 Å². The molecule has 0 aliphatic carbocycles. The maximum Gasteiger partial charge on any atom is 0.191 e. The first-order chi connectivity index (χ1) is 12.8. The Bertz CT molecular complexity index is 392. The molecule has 0 saturated carbocycles. The number of nitrogens with one attached hydrogen (secondary N) is 2. The summed E-state index contributed by atoms with van der Waals surface area (Å²) in [6.45, 7) is 12.8. The van der Waals surface area contributed by atoms with Crippen LogP contribution < -0.4 is 10.6 Å². The number of ether oxygens (including phenoxy) is 2. The molecule has 0 radical (unpaired) electrons. The molecule has 160 valence electrons. The van der Waals surface area contributed by atoms with E-state index < -0.39 is 0 Å². The molecule has 0 aromatic carbocycles. The van der Waals surface area contributed by atoms with Crippen molar-refractivity contribution in [2.45, 2.75) is 58.4 Å². The maximum absolute atomic E-state index is 5.75. The number of piperidine rings is 1. The molecule has 2 saturated heterocycles. The SMILES string of the molecule is CCNC(=NCCCOCC1CCOC1)NCCN1CCCCC1CC.I. The fourth-order valence-corrected chi connectivity index (χ4v) is 3.80. The number of aliphatic imine (C=N–C) groups is 1. The third kappa shape index (κ3) is 10.3. The predicted octanol–water partition coefficient (Wildman–Crippen LogP) is 2.87. The van der Waals surface area contributed by atoms with E-state index in [-0.39, 0.29) is 24.0 Å². The van der Waals surface area contributed by atoms with Crippen LogP contribution in [0.25, 0.3) is 0 Å². The summed E-state index contributed by atoms with van der Waals surface area (Å²) >= 11 is 0. The van der Waals surface area contributed by atoms with Crippen LogP contribution in [0.3, 0.4) is 0 Å². The van der Waals surface area contributed by atoms with Crippen LogP contribution in [0.2, 0.25) is 0 Å². The molecule has 0 bridgehead atoms. The normalized spacial score (nSPS) is 23.9. The van der Waals surface area contributed by atoms with Gasteiger partial charge in [0.15, 0.2) is 5.96 Å². The molecule has 27 heavy (non-hydrogen) atoms. The summed E-state index contributed by atoms with van der Waals surface area (Å²) in [6.07, 6.45) is 7.47. The van der Waals surface area contributed by atoms with Gasteiger partial charge in [-0.25, -0.2) is 0 Å². The Labute approximate surface area is 183 Å². The van der Waals surface area contributed by atoms with E-state index in [2.05, 4.69) is 34.4 Å². The lowest BCUT2D eigenvalue weighted by Gasteiger charge is -2.35. The molecule has 0 aromatic heterocycles. The van der Waals surface area contributed by atoms with E-state index >= 15 is 0 Å². The quantitative estimate of drug-likeness (QED) is 0.200. The highest BCUT2D eigenvalue weighted by Crippen LogP contribution is 2.18. The number of hydrogen-bond acceptors (Lipinski definition) is 4. The molecule has 0 aromatic rings. The van der Waals surface area contributed by atoms with E-state index in [9.17, 15) is 0 Å². The first-order valence-electron chi connectivity index (χ1n) is 10.7. The van der Waals surface area contributed by atoms with E-state index in [0.29, 0.717) is 5.92 Å². The van der Waals surface area contributed by atoms with Crippen molar-refractivity contribution in [1.82, 2.24) is 15.5 Å². The minimum Gasteiger partial charge on any atom is -0.381 e. The van der Waals surface area contributed by atoms with Crippen molar-refractivity contribution >= 4 is 29.9 Å². The van der Waals surface area contributed by atoms with Gasteiger partial charge in [-0.1, -0.05) is 13.3 Å². The molecule has 2 rings (SSSR count). The van der Waals surface area contributed by atoms with Crippen LogP contribution in [0, 0.1) is 5.92 Å². The molecule has 0 spiro atoms. The van der Waals surface area contributed by atoms with Crippen LogP contribution in [-0.4, -0.2) is 76.1 Å². The zero-order valence-electron chi connectivity index (χ0n) is 17.4. The molecule has 2 atom stereocenters. The highest BCUT2D eigenvalue weighted by atomic mass is 127. The van der Waals surface area contributed by atoms with Crippen LogP contribution in [0.1, 0.15) is 52.4 Å². The summed E-state index contributed by atoms with van der Waals surface area (Å²) < 4.78 is 11.1. The third-order valence-electron chi connectivity index (χ3n) is 5.35. The Morgan fingerprint density at radius 2 is 2.11 bits per heavy atom. The van der Waals surface area contributed by atoms with Gasteiger partial charge in [0.2, 0.25) is 0 Å². The molecule has 2 aliphatic heterocycles. The van der Waals surface area contributed by atoms with Crippen molar-refractivity contribution in [1.29, 1.82) is 0 Å². The Kier molecular flexibility index (Phi) is 14.5. The lowest BCUT2D eigenvalue weighted by molar-refractivity contribution is 0.0893. The zero-order valence-corrected chi connectivity index (χ0v) is 19.7. The number of halogens is 1. The summed E-state index contributed by atoms with van der Waals surface area (Å²) in [5, 5.41) is 6.83. The summed E-state index contributed by atoms with van der Waals surface area (Å²) in [7, 11) is 0. The van der Waals surface area contributed by atoms with E-state index in [1.807, 2.05) is 0 Å². The molecule has 2 aliphatic rings. The van der Waals surface area contributed by atoms with Crippen LogP contribution in [-0.2, 0) is 9.47 Å². The molecule has 2 unspecified atom stereocenters. The average molecular weight is 496 g/mol. The molecule has 6 nitrogen and oxygen atoms in total. The van der Waals surface area contributed by atoms with Gasteiger partial charge in [0.25, 0.3) is 0 Å². The van der Waals surface area contributed by atoms with E-state index in [4.69, 9.17) is 9.47 Å². The minimum absolute atomic E-state index is 0. The van der Waals surface area contributed by atoms with E-state index in [1.54, 1.807) is 0 Å². The highest BCUT2D eigenvalue weighted by Gasteiger charge is 2.20. The molecule has 0 amide bonds. The fourth-order valence-electron chi connectivity index (χ4n) is 3.80. The van der Waals surface area contributed by atoms with Gasteiger partial charge in [0.1, 0.15) is 0 Å². The summed E-state index contributed by atoms with van der Waals surface area (Å²) in [5.41, 5.74) is 0. The van der Waals surface area contributed by atoms with Gasteiger partial charge in [-0.15, -0.1) is 24.0 Å². The van der Waals surface area contributed by atoms with Crippen LogP contribution in [0.5, 0.6) is 0 Å².